The lowest BCUT2D eigenvalue weighted by Gasteiger charge is -2.35. The van der Waals surface area contributed by atoms with Crippen molar-refractivity contribution in [1.82, 2.24) is 10.2 Å². The van der Waals surface area contributed by atoms with Crippen molar-refractivity contribution in [2.24, 2.45) is 0 Å². The number of hydrogen-bond acceptors (Lipinski definition) is 7. The Morgan fingerprint density at radius 1 is 0.886 bits per heavy atom. The average Bonchev–Trinajstić information content (AvgIpc) is 2.98. The molecule has 44 heavy (non-hydrogen) atoms. The number of rotatable bonds is 13. The zero-order valence-corrected chi connectivity index (χ0v) is 27.7. The van der Waals surface area contributed by atoms with Crippen molar-refractivity contribution in [1.29, 1.82) is 0 Å². The monoisotopic (exact) mass is 645 g/mol. The number of methoxy groups -OCH3 is 3. The van der Waals surface area contributed by atoms with E-state index in [0.29, 0.717) is 12.2 Å². The second kappa shape index (κ2) is 14.7. The van der Waals surface area contributed by atoms with Gasteiger partial charge >= 0.3 is 0 Å². The average molecular weight is 646 g/mol. The third kappa shape index (κ3) is 8.35. The van der Waals surface area contributed by atoms with E-state index in [-0.39, 0.29) is 39.6 Å². The summed E-state index contributed by atoms with van der Waals surface area (Å²) in [6.45, 7) is 6.78. The van der Waals surface area contributed by atoms with E-state index >= 15 is 0 Å². The molecule has 238 valence electrons. The van der Waals surface area contributed by atoms with E-state index in [2.05, 4.69) is 5.32 Å². The van der Waals surface area contributed by atoms with E-state index in [0.717, 1.165) is 9.87 Å². The summed E-state index contributed by atoms with van der Waals surface area (Å²) >= 11 is 6.32. The third-order valence-electron chi connectivity index (χ3n) is 6.71. The van der Waals surface area contributed by atoms with Gasteiger partial charge in [0.2, 0.25) is 11.8 Å². The van der Waals surface area contributed by atoms with Gasteiger partial charge in [-0.25, -0.2) is 8.42 Å². The number of sulfonamides is 1. The molecular formula is C32H40ClN3O7S. The molecule has 0 saturated carbocycles. The summed E-state index contributed by atoms with van der Waals surface area (Å²) in [5.74, 6) is -0.249. The lowest BCUT2D eigenvalue weighted by molar-refractivity contribution is -0.141. The Kier molecular flexibility index (Phi) is 11.5. The summed E-state index contributed by atoms with van der Waals surface area (Å²) < 4.78 is 45.7. The van der Waals surface area contributed by atoms with E-state index in [1.54, 1.807) is 13.0 Å². The highest BCUT2D eigenvalue weighted by molar-refractivity contribution is 7.92. The van der Waals surface area contributed by atoms with Crippen LogP contribution in [-0.4, -0.2) is 64.6 Å². The zero-order valence-electron chi connectivity index (χ0n) is 26.1. The Hall–Kier alpha value is -3.96. The minimum Gasteiger partial charge on any atom is -0.495 e. The van der Waals surface area contributed by atoms with Crippen molar-refractivity contribution in [2.75, 3.05) is 32.2 Å². The molecule has 0 aliphatic heterocycles. The van der Waals surface area contributed by atoms with Gasteiger partial charge in [0.15, 0.2) is 11.5 Å². The van der Waals surface area contributed by atoms with E-state index in [9.17, 15) is 18.0 Å². The second-order valence-corrected chi connectivity index (χ2v) is 13.3. The number of halogens is 1. The topological polar surface area (TPSA) is 114 Å². The lowest BCUT2D eigenvalue weighted by Crippen LogP contribution is -2.55. The van der Waals surface area contributed by atoms with Crippen molar-refractivity contribution in [2.45, 2.75) is 57.1 Å². The number of carbonyl (C=O) groups is 2. The summed E-state index contributed by atoms with van der Waals surface area (Å²) in [5.41, 5.74) is 0.274. The van der Waals surface area contributed by atoms with E-state index in [1.165, 1.54) is 56.6 Å². The fourth-order valence-corrected chi connectivity index (χ4v) is 6.23. The van der Waals surface area contributed by atoms with Gasteiger partial charge in [0, 0.05) is 23.2 Å². The first-order valence-electron chi connectivity index (χ1n) is 14.0. The highest BCUT2D eigenvalue weighted by Gasteiger charge is 2.36. The van der Waals surface area contributed by atoms with Crippen LogP contribution in [0.3, 0.4) is 0 Å². The maximum atomic E-state index is 14.3. The van der Waals surface area contributed by atoms with E-state index in [1.807, 2.05) is 51.1 Å². The minimum atomic E-state index is -4.43. The second-order valence-electron chi connectivity index (χ2n) is 11.0. The van der Waals surface area contributed by atoms with Crippen molar-refractivity contribution in [3.8, 4) is 17.2 Å². The molecule has 1 N–H and O–H groups in total. The highest BCUT2D eigenvalue weighted by Crippen LogP contribution is 2.37. The summed E-state index contributed by atoms with van der Waals surface area (Å²) in [4.78, 5) is 29.0. The molecule has 0 aromatic heterocycles. The van der Waals surface area contributed by atoms with Gasteiger partial charge in [-0.05, 0) is 63.1 Å². The van der Waals surface area contributed by atoms with E-state index in [4.69, 9.17) is 25.8 Å². The smallest absolute Gasteiger partial charge is 0.265 e. The van der Waals surface area contributed by atoms with Crippen LogP contribution < -0.4 is 23.8 Å². The number of amides is 2. The first-order chi connectivity index (χ1) is 20.7. The molecule has 0 aliphatic carbocycles. The third-order valence-corrected chi connectivity index (χ3v) is 8.70. The molecule has 1 atom stereocenters. The van der Waals surface area contributed by atoms with Gasteiger partial charge in [0.05, 0.1) is 31.9 Å². The molecule has 3 aromatic rings. The van der Waals surface area contributed by atoms with Crippen molar-refractivity contribution < 1.29 is 32.2 Å². The predicted molar refractivity (Wildman–Crippen MR) is 171 cm³/mol. The molecule has 0 spiro atoms. The Balaban J connectivity index is 2.17. The van der Waals surface area contributed by atoms with Gasteiger partial charge in [-0.3, -0.25) is 13.9 Å². The number of carbonyl (C=O) groups excluding carboxylic acids is 2. The van der Waals surface area contributed by atoms with Crippen LogP contribution >= 0.6 is 11.6 Å². The summed E-state index contributed by atoms with van der Waals surface area (Å²) in [7, 11) is -0.210. The van der Waals surface area contributed by atoms with Crippen LogP contribution in [0.1, 0.15) is 39.7 Å². The van der Waals surface area contributed by atoms with Crippen LogP contribution in [-0.2, 0) is 26.2 Å². The van der Waals surface area contributed by atoms with Crippen molar-refractivity contribution in [3.63, 3.8) is 0 Å². The molecule has 3 aromatic carbocycles. The number of nitrogens with zero attached hydrogens (tertiary/aromatic N) is 2. The molecule has 0 radical (unpaired) electrons. The summed E-state index contributed by atoms with van der Waals surface area (Å²) in [5, 5.41) is 3.19. The van der Waals surface area contributed by atoms with Crippen LogP contribution in [0.15, 0.2) is 71.6 Å². The molecule has 0 fully saturated rings. The first-order valence-corrected chi connectivity index (χ1v) is 15.8. The summed E-state index contributed by atoms with van der Waals surface area (Å²) in [6.07, 6.45) is 0.295. The largest absolute Gasteiger partial charge is 0.495 e. The maximum absolute atomic E-state index is 14.3. The van der Waals surface area contributed by atoms with Gasteiger partial charge in [-0.15, -0.1) is 0 Å². The maximum Gasteiger partial charge on any atom is 0.265 e. The molecule has 0 unspecified atom stereocenters. The van der Waals surface area contributed by atoms with Crippen LogP contribution in [0, 0.1) is 0 Å². The number of nitrogens with one attached hydrogen (secondary N) is 1. The molecule has 0 heterocycles. The lowest BCUT2D eigenvalue weighted by atomic mass is 10.1. The highest BCUT2D eigenvalue weighted by atomic mass is 35.5. The van der Waals surface area contributed by atoms with Gasteiger partial charge in [-0.1, -0.05) is 48.9 Å². The molecule has 0 aliphatic rings. The number of benzene rings is 3. The number of ether oxygens (including phenoxy) is 3. The SMILES string of the molecule is CC[C@@H](C(=O)NC(C)(C)C)N(Cc1ccccc1)C(=O)CN(c1cc(Cl)ccc1OC)S(=O)(=O)c1ccc(OC)c(OC)c1. The van der Waals surface area contributed by atoms with Crippen LogP contribution in [0.25, 0.3) is 0 Å². The van der Waals surface area contributed by atoms with E-state index < -0.39 is 34.1 Å². The van der Waals surface area contributed by atoms with Gasteiger partial charge in [0.25, 0.3) is 10.0 Å². The first kappa shape index (κ1) is 34.5. The number of hydrogen-bond donors (Lipinski definition) is 1. The molecular weight excluding hydrogens is 606 g/mol. The fraction of sp³-hybridized carbons (Fsp3) is 0.375. The fourth-order valence-electron chi connectivity index (χ4n) is 4.63. The molecule has 0 bridgehead atoms. The predicted octanol–water partition coefficient (Wildman–Crippen LogP) is 5.28. The van der Waals surface area contributed by atoms with Gasteiger partial charge in [0.1, 0.15) is 18.3 Å². The summed E-state index contributed by atoms with van der Waals surface area (Å²) in [6, 6.07) is 16.9. The zero-order chi connectivity index (χ0) is 32.7. The molecule has 3 rings (SSSR count). The van der Waals surface area contributed by atoms with Crippen molar-refractivity contribution >= 4 is 39.1 Å². The van der Waals surface area contributed by atoms with Crippen LogP contribution in [0.2, 0.25) is 5.02 Å². The molecule has 2 amide bonds. The normalized spacial score (nSPS) is 12.2. The Labute approximate surface area is 264 Å². The standard InChI is InChI=1S/C32H40ClN3O7S/c1-8-25(31(38)34-32(2,3)4)35(20-22-12-10-9-11-13-22)30(37)21-36(26-18-23(33)14-16-27(26)41-5)44(39,40)24-15-17-28(42-6)29(19-24)43-7/h9-19,25H,8,20-21H2,1-7H3,(H,34,38)/t25-/m0/s1. The van der Waals surface area contributed by atoms with Gasteiger partial charge in [-0.2, -0.15) is 0 Å². The Morgan fingerprint density at radius 2 is 1.50 bits per heavy atom. The number of anilines is 1. The molecule has 12 heteroatoms. The molecule has 0 saturated heterocycles. The van der Waals surface area contributed by atoms with Crippen LogP contribution in [0.4, 0.5) is 5.69 Å². The quantitative estimate of drug-likeness (QED) is 0.269. The van der Waals surface area contributed by atoms with Crippen LogP contribution in [0.5, 0.6) is 17.2 Å². The molecule has 10 nitrogen and oxygen atoms in total. The van der Waals surface area contributed by atoms with Gasteiger partial charge < -0.3 is 24.4 Å². The minimum absolute atomic E-state index is 0.0509. The Morgan fingerprint density at radius 3 is 2.07 bits per heavy atom. The van der Waals surface area contributed by atoms with Crippen molar-refractivity contribution in [3.05, 3.63) is 77.3 Å². The Bertz CT molecular complexity index is 1560.